The molecule has 3 aromatic rings. The van der Waals surface area contributed by atoms with E-state index in [0.29, 0.717) is 60.8 Å². The third-order valence-electron chi connectivity index (χ3n) is 6.85. The molecule has 0 aromatic heterocycles. The SMILES string of the molecule is CCOc1cc(CN(C)CCC2(C)CN(c3ccc(C(=O)O)c(C)c3)C(=O)O2)cc(O)c1-c1ccc(F)cc1. The van der Waals surface area contributed by atoms with E-state index in [4.69, 9.17) is 9.47 Å². The molecule has 0 bridgehead atoms. The Bertz CT molecular complexity index is 1380. The van der Waals surface area contributed by atoms with Crippen molar-refractivity contribution in [2.45, 2.75) is 39.3 Å². The minimum atomic E-state index is -1.01. The number of cyclic esters (lactones) is 1. The smallest absolute Gasteiger partial charge is 0.415 e. The Morgan fingerprint density at radius 3 is 2.54 bits per heavy atom. The molecule has 1 aliphatic rings. The van der Waals surface area contributed by atoms with Crippen LogP contribution in [0.1, 0.15) is 41.8 Å². The number of ether oxygens (including phenoxy) is 2. The van der Waals surface area contributed by atoms with E-state index in [-0.39, 0.29) is 17.1 Å². The number of halogens is 1. The molecule has 4 rings (SSSR count). The van der Waals surface area contributed by atoms with Crippen molar-refractivity contribution in [3.05, 3.63) is 77.1 Å². The molecule has 1 unspecified atom stereocenters. The van der Waals surface area contributed by atoms with Gasteiger partial charge in [0.1, 0.15) is 22.9 Å². The molecule has 8 nitrogen and oxygen atoms in total. The van der Waals surface area contributed by atoms with Crippen LogP contribution < -0.4 is 9.64 Å². The summed E-state index contributed by atoms with van der Waals surface area (Å²) in [5.41, 5.74) is 2.65. The maximum absolute atomic E-state index is 13.4. The maximum atomic E-state index is 13.4. The Morgan fingerprint density at radius 2 is 1.90 bits per heavy atom. The van der Waals surface area contributed by atoms with Crippen molar-refractivity contribution in [1.29, 1.82) is 0 Å². The highest BCUT2D eigenvalue weighted by Crippen LogP contribution is 2.39. The molecule has 1 atom stereocenters. The second-order valence-electron chi connectivity index (χ2n) is 10.1. The third-order valence-corrected chi connectivity index (χ3v) is 6.85. The first-order valence-electron chi connectivity index (χ1n) is 12.8. The number of carbonyl (C=O) groups excluding carboxylic acids is 1. The van der Waals surface area contributed by atoms with Gasteiger partial charge in [0.05, 0.1) is 24.3 Å². The predicted octanol–water partition coefficient (Wildman–Crippen LogP) is 5.84. The number of phenols is 1. The predicted molar refractivity (Wildman–Crippen MR) is 146 cm³/mol. The van der Waals surface area contributed by atoms with Crippen molar-refractivity contribution in [3.63, 3.8) is 0 Å². The number of hydrogen-bond acceptors (Lipinski definition) is 6. The van der Waals surface area contributed by atoms with Gasteiger partial charge in [-0.1, -0.05) is 12.1 Å². The number of carboxylic acid groups (broad SMARTS) is 1. The van der Waals surface area contributed by atoms with Crippen molar-refractivity contribution in [2.24, 2.45) is 0 Å². The molecule has 1 fully saturated rings. The summed E-state index contributed by atoms with van der Waals surface area (Å²) in [4.78, 5) is 27.6. The van der Waals surface area contributed by atoms with E-state index < -0.39 is 17.7 Å². The summed E-state index contributed by atoms with van der Waals surface area (Å²) in [6, 6.07) is 14.2. The Labute approximate surface area is 227 Å². The monoisotopic (exact) mass is 536 g/mol. The number of benzene rings is 3. The Balaban J connectivity index is 1.42. The van der Waals surface area contributed by atoms with E-state index in [1.165, 1.54) is 23.1 Å². The van der Waals surface area contributed by atoms with E-state index in [1.807, 2.05) is 27.0 Å². The van der Waals surface area contributed by atoms with Crippen molar-refractivity contribution >= 4 is 17.7 Å². The van der Waals surface area contributed by atoms with Gasteiger partial charge in [-0.2, -0.15) is 0 Å². The number of aromatic hydroxyl groups is 1. The first kappa shape index (κ1) is 27.9. The van der Waals surface area contributed by atoms with Crippen LogP contribution in [-0.2, 0) is 11.3 Å². The van der Waals surface area contributed by atoms with Gasteiger partial charge < -0.3 is 24.6 Å². The summed E-state index contributed by atoms with van der Waals surface area (Å²) in [5.74, 6) is -0.801. The largest absolute Gasteiger partial charge is 0.507 e. The Kier molecular flexibility index (Phi) is 8.11. The van der Waals surface area contributed by atoms with Crippen molar-refractivity contribution < 1.29 is 33.7 Å². The van der Waals surface area contributed by atoms with Crippen LogP contribution in [0.5, 0.6) is 11.5 Å². The normalized spacial score (nSPS) is 17.0. The van der Waals surface area contributed by atoms with Crippen LogP contribution in [0.25, 0.3) is 11.1 Å². The Morgan fingerprint density at radius 1 is 1.18 bits per heavy atom. The maximum Gasteiger partial charge on any atom is 0.415 e. The van der Waals surface area contributed by atoms with E-state index in [9.17, 15) is 24.2 Å². The zero-order chi connectivity index (χ0) is 28.3. The second-order valence-corrected chi connectivity index (χ2v) is 10.1. The first-order chi connectivity index (χ1) is 18.5. The van der Waals surface area contributed by atoms with Crippen LogP contribution >= 0.6 is 0 Å². The standard InChI is InChI=1S/C30H33FN2O6/c1-5-38-26-16-20(15-25(34)27(26)21-6-8-22(31)9-7-21)17-32(4)13-12-30(3)18-33(29(37)39-30)23-10-11-24(28(35)36)19(2)14-23/h6-11,14-16,34H,5,12-13,17-18H2,1-4H3,(H,35,36). The molecule has 0 aliphatic carbocycles. The molecule has 1 saturated heterocycles. The molecule has 0 saturated carbocycles. The van der Waals surface area contributed by atoms with Gasteiger partial charge >= 0.3 is 12.1 Å². The third kappa shape index (κ3) is 6.31. The summed E-state index contributed by atoms with van der Waals surface area (Å²) in [6.45, 7) is 7.31. The lowest BCUT2D eigenvalue weighted by Crippen LogP contribution is -2.35. The fraction of sp³-hybridized carbons (Fsp3) is 0.333. The lowest BCUT2D eigenvalue weighted by atomic mass is 10.00. The molecule has 1 amide bonds. The number of rotatable bonds is 10. The number of aryl methyl sites for hydroxylation is 1. The summed E-state index contributed by atoms with van der Waals surface area (Å²) in [7, 11) is 1.94. The number of aromatic carboxylic acids is 1. The molecule has 206 valence electrons. The van der Waals surface area contributed by atoms with E-state index in [0.717, 1.165) is 5.56 Å². The molecule has 1 aliphatic heterocycles. The number of amides is 1. The van der Waals surface area contributed by atoms with Gasteiger partial charge in [0, 0.05) is 25.2 Å². The highest BCUT2D eigenvalue weighted by Gasteiger charge is 2.42. The average Bonchev–Trinajstić information content (AvgIpc) is 3.18. The topological polar surface area (TPSA) is 99.5 Å². The lowest BCUT2D eigenvalue weighted by Gasteiger charge is -2.26. The molecular formula is C30H33FN2O6. The van der Waals surface area contributed by atoms with Crippen LogP contribution in [0.3, 0.4) is 0 Å². The van der Waals surface area contributed by atoms with E-state index >= 15 is 0 Å². The van der Waals surface area contributed by atoms with Crippen LogP contribution in [0.4, 0.5) is 14.9 Å². The molecule has 9 heteroatoms. The summed E-state index contributed by atoms with van der Waals surface area (Å²) >= 11 is 0. The molecule has 0 spiro atoms. The molecule has 0 radical (unpaired) electrons. The highest BCUT2D eigenvalue weighted by atomic mass is 19.1. The van der Waals surface area contributed by atoms with Crippen molar-refractivity contribution in [1.82, 2.24) is 4.90 Å². The van der Waals surface area contributed by atoms with Crippen molar-refractivity contribution in [2.75, 3.05) is 31.6 Å². The van der Waals surface area contributed by atoms with Crippen LogP contribution in [0.2, 0.25) is 0 Å². The zero-order valence-corrected chi connectivity index (χ0v) is 22.5. The zero-order valence-electron chi connectivity index (χ0n) is 22.5. The molecule has 39 heavy (non-hydrogen) atoms. The number of carboxylic acids is 1. The second kappa shape index (κ2) is 11.3. The van der Waals surface area contributed by atoms with Crippen LogP contribution in [-0.4, -0.2) is 59.5 Å². The number of phenolic OH excluding ortho intramolecular Hbond substituents is 1. The van der Waals surface area contributed by atoms with E-state index in [2.05, 4.69) is 4.90 Å². The van der Waals surface area contributed by atoms with Gasteiger partial charge in [-0.3, -0.25) is 4.90 Å². The highest BCUT2D eigenvalue weighted by molar-refractivity contribution is 5.93. The first-order valence-corrected chi connectivity index (χ1v) is 12.8. The van der Waals surface area contributed by atoms with Crippen LogP contribution in [0, 0.1) is 12.7 Å². The number of nitrogens with zero attached hydrogens (tertiary/aromatic N) is 2. The van der Waals surface area contributed by atoms with Crippen LogP contribution in [0.15, 0.2) is 54.6 Å². The number of hydrogen-bond donors (Lipinski definition) is 2. The van der Waals surface area contributed by atoms with Gasteiger partial charge in [0.25, 0.3) is 0 Å². The molecular weight excluding hydrogens is 503 g/mol. The number of anilines is 1. The van der Waals surface area contributed by atoms with E-state index in [1.54, 1.807) is 37.3 Å². The van der Waals surface area contributed by atoms with Gasteiger partial charge in [0.2, 0.25) is 0 Å². The summed E-state index contributed by atoms with van der Waals surface area (Å²) in [5, 5.41) is 20.1. The fourth-order valence-corrected chi connectivity index (χ4v) is 4.82. The molecule has 1 heterocycles. The minimum Gasteiger partial charge on any atom is -0.507 e. The quantitative estimate of drug-likeness (QED) is 0.336. The van der Waals surface area contributed by atoms with Gasteiger partial charge in [-0.15, -0.1) is 0 Å². The molecule has 3 aromatic carbocycles. The number of carbonyl (C=O) groups is 2. The van der Waals surface area contributed by atoms with Gasteiger partial charge in [-0.25, -0.2) is 14.0 Å². The summed E-state index contributed by atoms with van der Waals surface area (Å²) < 4.78 is 25.0. The summed E-state index contributed by atoms with van der Waals surface area (Å²) in [6.07, 6.45) is 0.0980. The van der Waals surface area contributed by atoms with Gasteiger partial charge in [0.15, 0.2) is 0 Å². The Hall–Kier alpha value is -4.11. The minimum absolute atomic E-state index is 0.0486. The van der Waals surface area contributed by atoms with Gasteiger partial charge in [-0.05, 0) is 87.0 Å². The molecule has 2 N–H and O–H groups in total. The average molecular weight is 537 g/mol. The van der Waals surface area contributed by atoms with Crippen molar-refractivity contribution in [3.8, 4) is 22.6 Å². The lowest BCUT2D eigenvalue weighted by molar-refractivity contribution is 0.0567. The fourth-order valence-electron chi connectivity index (χ4n) is 4.82.